The first-order valence-electron chi connectivity index (χ1n) is 8.39. The number of hydrogen-bond acceptors (Lipinski definition) is 7. The highest BCUT2D eigenvalue weighted by atomic mass is 16.5. The number of amides is 1. The van der Waals surface area contributed by atoms with Gasteiger partial charge in [0.05, 0.1) is 26.0 Å². The van der Waals surface area contributed by atoms with Crippen molar-refractivity contribution in [2.24, 2.45) is 0 Å². The van der Waals surface area contributed by atoms with Crippen LogP contribution >= 0.6 is 0 Å². The lowest BCUT2D eigenvalue weighted by Crippen LogP contribution is -2.52. The maximum absolute atomic E-state index is 12.1. The zero-order valence-corrected chi connectivity index (χ0v) is 14.3. The molecule has 8 nitrogen and oxygen atoms in total. The van der Waals surface area contributed by atoms with Crippen molar-refractivity contribution in [1.82, 2.24) is 20.2 Å². The second-order valence-electron chi connectivity index (χ2n) is 6.43. The Balaban J connectivity index is 1.60. The van der Waals surface area contributed by atoms with E-state index in [0.29, 0.717) is 26.2 Å². The van der Waals surface area contributed by atoms with Crippen molar-refractivity contribution in [1.29, 1.82) is 0 Å². The molecule has 8 heteroatoms. The minimum Gasteiger partial charge on any atom is -0.508 e. The zero-order valence-electron chi connectivity index (χ0n) is 14.3. The van der Waals surface area contributed by atoms with E-state index in [1.807, 2.05) is 12.1 Å². The molecule has 0 spiro atoms. The number of rotatable bonds is 5. The summed E-state index contributed by atoms with van der Waals surface area (Å²) >= 11 is 0. The second kappa shape index (κ2) is 8.22. The largest absolute Gasteiger partial charge is 0.508 e. The van der Waals surface area contributed by atoms with Gasteiger partial charge in [-0.3, -0.25) is 14.7 Å². The molecule has 0 bridgehead atoms. The van der Waals surface area contributed by atoms with Crippen LogP contribution < -0.4 is 5.32 Å². The molecule has 0 saturated carbocycles. The summed E-state index contributed by atoms with van der Waals surface area (Å²) in [7, 11) is 0. The number of aromatic nitrogens is 2. The molecule has 1 aromatic carbocycles. The van der Waals surface area contributed by atoms with Gasteiger partial charge in [-0.15, -0.1) is 0 Å². The third-order valence-electron chi connectivity index (χ3n) is 4.16. The Hall–Kier alpha value is -2.55. The molecule has 1 aromatic heterocycles. The highest BCUT2D eigenvalue weighted by molar-refractivity contribution is 5.91. The highest BCUT2D eigenvalue weighted by Crippen LogP contribution is 2.16. The van der Waals surface area contributed by atoms with Gasteiger partial charge in [0, 0.05) is 32.0 Å². The van der Waals surface area contributed by atoms with Crippen LogP contribution in [0.2, 0.25) is 0 Å². The molecule has 2 heterocycles. The van der Waals surface area contributed by atoms with Gasteiger partial charge in [0.2, 0.25) is 0 Å². The summed E-state index contributed by atoms with van der Waals surface area (Å²) in [5.41, 5.74) is 0.0212. The van der Waals surface area contributed by atoms with E-state index < -0.39 is 5.60 Å². The molecule has 0 aliphatic carbocycles. The van der Waals surface area contributed by atoms with Gasteiger partial charge >= 0.3 is 0 Å². The Morgan fingerprint density at radius 2 is 2.12 bits per heavy atom. The van der Waals surface area contributed by atoms with Gasteiger partial charge in [0.1, 0.15) is 17.0 Å². The van der Waals surface area contributed by atoms with Gasteiger partial charge in [-0.2, -0.15) is 0 Å². The van der Waals surface area contributed by atoms with E-state index in [2.05, 4.69) is 20.2 Å². The van der Waals surface area contributed by atoms with Crippen molar-refractivity contribution in [3.05, 3.63) is 54.1 Å². The maximum Gasteiger partial charge on any atom is 0.271 e. The number of carbonyl (C=O) groups is 1. The average Bonchev–Trinajstić information content (AvgIpc) is 2.84. The Labute approximate surface area is 151 Å². The maximum atomic E-state index is 12.1. The van der Waals surface area contributed by atoms with Gasteiger partial charge in [-0.1, -0.05) is 12.1 Å². The first-order chi connectivity index (χ1) is 12.5. The van der Waals surface area contributed by atoms with E-state index in [1.54, 1.807) is 12.1 Å². The Kier molecular flexibility index (Phi) is 5.77. The smallest absolute Gasteiger partial charge is 0.271 e. The molecule has 1 saturated heterocycles. The number of aliphatic hydroxyl groups is 1. The molecule has 2 aromatic rings. The third-order valence-corrected chi connectivity index (χ3v) is 4.16. The summed E-state index contributed by atoms with van der Waals surface area (Å²) in [6.07, 6.45) is 4.31. The monoisotopic (exact) mass is 358 g/mol. The quantitative estimate of drug-likeness (QED) is 0.699. The van der Waals surface area contributed by atoms with E-state index in [-0.39, 0.29) is 30.5 Å². The van der Waals surface area contributed by atoms with E-state index >= 15 is 0 Å². The predicted molar refractivity (Wildman–Crippen MR) is 93.5 cm³/mol. The number of nitrogens with one attached hydrogen (secondary N) is 1. The number of nitrogens with zero attached hydrogens (tertiary/aromatic N) is 3. The summed E-state index contributed by atoms with van der Waals surface area (Å²) in [5, 5.41) is 23.0. The molecule has 3 N–H and O–H groups in total. The van der Waals surface area contributed by atoms with Crippen LogP contribution in [0, 0.1) is 0 Å². The van der Waals surface area contributed by atoms with Crippen molar-refractivity contribution >= 4 is 5.91 Å². The summed E-state index contributed by atoms with van der Waals surface area (Å²) in [4.78, 5) is 22.0. The van der Waals surface area contributed by atoms with Crippen molar-refractivity contribution < 1.29 is 19.7 Å². The second-order valence-corrected chi connectivity index (χ2v) is 6.43. The van der Waals surface area contributed by atoms with Gasteiger partial charge < -0.3 is 20.3 Å². The zero-order chi connectivity index (χ0) is 18.4. The molecule has 1 aliphatic rings. The molecule has 0 radical (unpaired) electrons. The van der Waals surface area contributed by atoms with Crippen LogP contribution in [0.4, 0.5) is 0 Å². The van der Waals surface area contributed by atoms with E-state index in [0.717, 1.165) is 5.56 Å². The number of ether oxygens (including phenoxy) is 1. The van der Waals surface area contributed by atoms with Crippen LogP contribution in [0.5, 0.6) is 5.75 Å². The molecule has 1 atom stereocenters. The van der Waals surface area contributed by atoms with Crippen molar-refractivity contribution in [2.75, 3.05) is 32.8 Å². The summed E-state index contributed by atoms with van der Waals surface area (Å²) in [5.74, 6) is -0.169. The summed E-state index contributed by atoms with van der Waals surface area (Å²) in [6.45, 7) is 2.33. The predicted octanol–water partition coefficient (Wildman–Crippen LogP) is 0.175. The van der Waals surface area contributed by atoms with Gasteiger partial charge in [-0.25, -0.2) is 4.98 Å². The number of phenolic OH excluding ortho intramolecular Hbond substituents is 1. The highest BCUT2D eigenvalue weighted by Gasteiger charge is 2.33. The van der Waals surface area contributed by atoms with E-state index in [4.69, 9.17) is 4.74 Å². The number of carbonyl (C=O) groups excluding carboxylic acids is 1. The molecule has 3 rings (SSSR count). The Bertz CT molecular complexity index is 726. The van der Waals surface area contributed by atoms with E-state index in [1.165, 1.54) is 18.6 Å². The average molecular weight is 358 g/mol. The number of benzene rings is 1. The molecular formula is C18H22N4O4. The van der Waals surface area contributed by atoms with Crippen LogP contribution in [0.3, 0.4) is 0 Å². The van der Waals surface area contributed by atoms with E-state index in [9.17, 15) is 15.0 Å². The standard InChI is InChI=1S/C18H22N4O4/c23-15-3-1-14(2-4-15)10-22-7-8-26-13-18(25,12-22)11-21-17(24)16-9-19-5-6-20-16/h1-6,9,23,25H,7-8,10-13H2,(H,21,24). The number of β-amino-alcohol motifs (C(OH)–C–C–N with tert-alkyl or cyclic N) is 1. The fourth-order valence-electron chi connectivity index (χ4n) is 2.85. The van der Waals surface area contributed by atoms with Crippen molar-refractivity contribution in [3.8, 4) is 5.75 Å². The SMILES string of the molecule is O=C(NCC1(O)COCCN(Cc2ccc(O)cc2)C1)c1cnccn1. The minimum absolute atomic E-state index is 0.0501. The molecule has 1 fully saturated rings. The normalized spacial score (nSPS) is 21.1. The summed E-state index contributed by atoms with van der Waals surface area (Å²) in [6, 6.07) is 6.96. The minimum atomic E-state index is -1.20. The van der Waals surface area contributed by atoms with Crippen LogP contribution in [0.15, 0.2) is 42.9 Å². The van der Waals surface area contributed by atoms with Crippen LogP contribution in [0.25, 0.3) is 0 Å². The van der Waals surface area contributed by atoms with Crippen molar-refractivity contribution in [3.63, 3.8) is 0 Å². The fraction of sp³-hybridized carbons (Fsp3) is 0.389. The van der Waals surface area contributed by atoms with Crippen LogP contribution in [-0.2, 0) is 11.3 Å². The van der Waals surface area contributed by atoms with Crippen LogP contribution in [-0.4, -0.2) is 69.4 Å². The lowest BCUT2D eigenvalue weighted by Gasteiger charge is -2.30. The van der Waals surface area contributed by atoms with Gasteiger partial charge in [0.25, 0.3) is 5.91 Å². The lowest BCUT2D eigenvalue weighted by molar-refractivity contribution is -0.0346. The first kappa shape index (κ1) is 18.2. The number of phenols is 1. The fourth-order valence-corrected chi connectivity index (χ4v) is 2.85. The molecule has 1 aliphatic heterocycles. The molecule has 1 unspecified atom stereocenters. The number of hydrogen-bond donors (Lipinski definition) is 3. The molecule has 1 amide bonds. The van der Waals surface area contributed by atoms with Gasteiger partial charge in [-0.05, 0) is 17.7 Å². The van der Waals surface area contributed by atoms with Crippen molar-refractivity contribution in [2.45, 2.75) is 12.1 Å². The Morgan fingerprint density at radius 3 is 2.85 bits per heavy atom. The third kappa shape index (κ3) is 4.98. The van der Waals surface area contributed by atoms with Gasteiger partial charge in [0.15, 0.2) is 0 Å². The first-order valence-corrected chi connectivity index (χ1v) is 8.39. The molecular weight excluding hydrogens is 336 g/mol. The van der Waals surface area contributed by atoms with Crippen LogP contribution in [0.1, 0.15) is 16.1 Å². The molecule has 26 heavy (non-hydrogen) atoms. The Morgan fingerprint density at radius 1 is 1.31 bits per heavy atom. The topological polar surface area (TPSA) is 108 Å². The molecule has 138 valence electrons. The number of aromatic hydroxyl groups is 1. The lowest BCUT2D eigenvalue weighted by atomic mass is 10.0. The summed E-state index contributed by atoms with van der Waals surface area (Å²) < 4.78 is 5.52.